The zero-order chi connectivity index (χ0) is 22.0. The molecular weight excluding hydrogens is 397 g/mol. The molecule has 0 aliphatic heterocycles. The van der Waals surface area contributed by atoms with E-state index < -0.39 is 24.9 Å². The topological polar surface area (TPSA) is 61.3 Å². The molecule has 1 heterocycles. The molecule has 0 N–H and O–H groups in total. The number of alkyl halides is 3. The summed E-state index contributed by atoms with van der Waals surface area (Å²) in [6, 6.07) is 7.82. The van der Waals surface area contributed by atoms with E-state index in [-0.39, 0.29) is 5.56 Å². The Balaban J connectivity index is 1.95. The molecule has 0 saturated carbocycles. The molecule has 8 heteroatoms. The smallest absolute Gasteiger partial charge is 0.427 e. The van der Waals surface area contributed by atoms with Crippen molar-refractivity contribution in [1.29, 1.82) is 0 Å². The highest BCUT2D eigenvalue weighted by atomic mass is 19.4. The number of aryl methyl sites for hydroxylation is 1. The van der Waals surface area contributed by atoms with Crippen LogP contribution < -0.4 is 0 Å². The Hall–Kier alpha value is -2.48. The average molecular weight is 424 g/mol. The van der Waals surface area contributed by atoms with E-state index in [4.69, 9.17) is 0 Å². The van der Waals surface area contributed by atoms with Crippen LogP contribution in [0, 0.1) is 0 Å². The van der Waals surface area contributed by atoms with Gasteiger partial charge >= 0.3 is 12.1 Å². The summed E-state index contributed by atoms with van der Waals surface area (Å²) in [5.74, 6) is -0.773. The van der Waals surface area contributed by atoms with E-state index in [1.165, 1.54) is 31.2 Å². The van der Waals surface area contributed by atoms with Gasteiger partial charge in [0.25, 0.3) is 0 Å². The van der Waals surface area contributed by atoms with Crippen LogP contribution in [0.2, 0.25) is 0 Å². The molecule has 0 bridgehead atoms. The van der Waals surface area contributed by atoms with Crippen LogP contribution in [0.5, 0.6) is 0 Å². The highest BCUT2D eigenvalue weighted by Crippen LogP contribution is 2.24. The lowest BCUT2D eigenvalue weighted by molar-refractivity contribution is -0.215. The standard InChI is InChI=1S/C22H27F3N2O3/c1-3-4-5-6-7-8-16-9-11-17(12-10-16)20-26-13-18(14-27-20)21(28)30-19(15-29-2)22(23,24)25/h9-14,19H,3-8,15H2,1-2H3. The summed E-state index contributed by atoms with van der Waals surface area (Å²) < 4.78 is 47.5. The van der Waals surface area contributed by atoms with Crippen molar-refractivity contribution in [3.05, 3.63) is 47.8 Å². The number of benzene rings is 1. The maximum Gasteiger partial charge on any atom is 0.427 e. The third kappa shape index (κ3) is 7.40. The number of aromatic nitrogens is 2. The highest BCUT2D eigenvalue weighted by Gasteiger charge is 2.43. The summed E-state index contributed by atoms with van der Waals surface area (Å²) in [4.78, 5) is 20.2. The number of rotatable bonds is 11. The minimum atomic E-state index is -4.72. The first-order chi connectivity index (χ1) is 14.3. The first-order valence-corrected chi connectivity index (χ1v) is 10.0. The van der Waals surface area contributed by atoms with Crippen molar-refractivity contribution in [2.24, 2.45) is 0 Å². The highest BCUT2D eigenvalue weighted by molar-refractivity contribution is 5.89. The van der Waals surface area contributed by atoms with E-state index in [0.717, 1.165) is 37.9 Å². The summed E-state index contributed by atoms with van der Waals surface area (Å²) in [6.07, 6.45) is 2.38. The molecule has 0 amide bonds. The van der Waals surface area contributed by atoms with E-state index in [1.54, 1.807) is 0 Å². The van der Waals surface area contributed by atoms with Gasteiger partial charge in [-0.05, 0) is 18.4 Å². The molecule has 2 rings (SSSR count). The molecule has 0 aliphatic rings. The van der Waals surface area contributed by atoms with Gasteiger partial charge in [0.15, 0.2) is 5.82 Å². The molecule has 0 aliphatic carbocycles. The van der Waals surface area contributed by atoms with Gasteiger partial charge in [-0.1, -0.05) is 56.9 Å². The van der Waals surface area contributed by atoms with Crippen molar-refractivity contribution in [1.82, 2.24) is 9.97 Å². The minimum Gasteiger partial charge on any atom is -0.446 e. The van der Waals surface area contributed by atoms with Crippen LogP contribution in [0.1, 0.15) is 54.9 Å². The predicted molar refractivity (Wildman–Crippen MR) is 107 cm³/mol. The van der Waals surface area contributed by atoms with Crippen LogP contribution >= 0.6 is 0 Å². The van der Waals surface area contributed by atoms with Crippen molar-refractivity contribution < 1.29 is 27.4 Å². The Morgan fingerprint density at radius 3 is 2.23 bits per heavy atom. The number of ether oxygens (including phenoxy) is 2. The lowest BCUT2D eigenvalue weighted by atomic mass is 10.0. The van der Waals surface area contributed by atoms with Gasteiger partial charge in [0.05, 0.1) is 12.2 Å². The quantitative estimate of drug-likeness (QED) is 0.357. The van der Waals surface area contributed by atoms with Crippen LogP contribution in [0.25, 0.3) is 11.4 Å². The fourth-order valence-corrected chi connectivity index (χ4v) is 2.88. The van der Waals surface area contributed by atoms with Crippen LogP contribution in [0.15, 0.2) is 36.7 Å². The van der Waals surface area contributed by atoms with Crippen LogP contribution in [0.4, 0.5) is 13.2 Å². The van der Waals surface area contributed by atoms with E-state index in [9.17, 15) is 18.0 Å². The summed E-state index contributed by atoms with van der Waals surface area (Å²) in [5.41, 5.74) is 1.83. The van der Waals surface area contributed by atoms with Crippen molar-refractivity contribution in [3.63, 3.8) is 0 Å². The van der Waals surface area contributed by atoms with Crippen molar-refractivity contribution in [2.45, 2.75) is 57.7 Å². The van der Waals surface area contributed by atoms with Gasteiger partial charge < -0.3 is 9.47 Å². The molecular formula is C22H27F3N2O3. The second kappa shape index (κ2) is 11.6. The summed E-state index contributed by atoms with van der Waals surface area (Å²) >= 11 is 0. The number of unbranched alkanes of at least 4 members (excludes halogenated alkanes) is 4. The fourth-order valence-electron chi connectivity index (χ4n) is 2.88. The van der Waals surface area contributed by atoms with Crippen LogP contribution in [-0.2, 0) is 15.9 Å². The zero-order valence-corrected chi connectivity index (χ0v) is 17.2. The van der Waals surface area contributed by atoms with Gasteiger partial charge in [0.2, 0.25) is 6.10 Å². The zero-order valence-electron chi connectivity index (χ0n) is 17.2. The maximum absolute atomic E-state index is 12.8. The first kappa shape index (κ1) is 23.8. The number of carbonyl (C=O) groups excluding carboxylic acids is 1. The molecule has 0 saturated heterocycles. The Morgan fingerprint density at radius 2 is 1.67 bits per heavy atom. The van der Waals surface area contributed by atoms with Gasteiger partial charge in [0, 0.05) is 25.1 Å². The Labute approximate surface area is 174 Å². The number of esters is 1. The third-order valence-electron chi connectivity index (χ3n) is 4.60. The third-order valence-corrected chi connectivity index (χ3v) is 4.60. The van der Waals surface area contributed by atoms with Crippen LogP contribution in [-0.4, -0.2) is 41.9 Å². The molecule has 30 heavy (non-hydrogen) atoms. The molecule has 1 unspecified atom stereocenters. The van der Waals surface area contributed by atoms with Gasteiger partial charge in [-0.2, -0.15) is 13.2 Å². The van der Waals surface area contributed by atoms with Crippen LogP contribution in [0.3, 0.4) is 0 Å². The van der Waals surface area contributed by atoms with E-state index >= 15 is 0 Å². The van der Waals surface area contributed by atoms with E-state index in [1.807, 2.05) is 24.3 Å². The fraction of sp³-hybridized carbons (Fsp3) is 0.500. The molecule has 2 aromatic rings. The molecule has 1 atom stereocenters. The molecule has 0 spiro atoms. The number of carbonyl (C=O) groups is 1. The largest absolute Gasteiger partial charge is 0.446 e. The average Bonchev–Trinajstić information content (AvgIpc) is 2.73. The Kier molecular flexibility index (Phi) is 9.23. The number of nitrogens with zero attached hydrogens (tertiary/aromatic N) is 2. The monoisotopic (exact) mass is 424 g/mol. The van der Waals surface area contributed by atoms with Crippen molar-refractivity contribution >= 4 is 5.97 Å². The summed E-state index contributed by atoms with van der Waals surface area (Å²) in [6.45, 7) is 1.41. The number of halogens is 3. The lowest BCUT2D eigenvalue weighted by Gasteiger charge is -2.19. The number of hydrogen-bond donors (Lipinski definition) is 0. The van der Waals surface area contributed by atoms with E-state index in [2.05, 4.69) is 26.4 Å². The molecule has 1 aromatic carbocycles. The van der Waals surface area contributed by atoms with Gasteiger partial charge in [-0.3, -0.25) is 0 Å². The van der Waals surface area contributed by atoms with Gasteiger partial charge in [-0.25, -0.2) is 14.8 Å². The van der Waals surface area contributed by atoms with Gasteiger partial charge in [0.1, 0.15) is 0 Å². The maximum atomic E-state index is 12.8. The van der Waals surface area contributed by atoms with Crippen molar-refractivity contribution in [2.75, 3.05) is 13.7 Å². The SMILES string of the molecule is CCCCCCCc1ccc(-c2ncc(C(=O)OC(COC)C(F)(F)F)cn2)cc1. The molecule has 0 radical (unpaired) electrons. The molecule has 5 nitrogen and oxygen atoms in total. The second-order valence-electron chi connectivity index (χ2n) is 7.05. The second-order valence-corrected chi connectivity index (χ2v) is 7.05. The molecule has 1 aromatic heterocycles. The summed E-state index contributed by atoms with van der Waals surface area (Å²) in [7, 11) is 1.10. The summed E-state index contributed by atoms with van der Waals surface area (Å²) in [5, 5.41) is 0. The van der Waals surface area contributed by atoms with Crippen molar-refractivity contribution in [3.8, 4) is 11.4 Å². The minimum absolute atomic E-state index is 0.159. The van der Waals surface area contributed by atoms with E-state index in [0.29, 0.717) is 5.82 Å². The first-order valence-electron chi connectivity index (χ1n) is 10.0. The molecule has 164 valence electrons. The normalized spacial score (nSPS) is 12.6. The number of hydrogen-bond acceptors (Lipinski definition) is 5. The predicted octanol–water partition coefficient (Wildman–Crippen LogP) is 5.39. The number of methoxy groups -OCH3 is 1. The Bertz CT molecular complexity index is 778. The van der Waals surface area contributed by atoms with Gasteiger partial charge in [-0.15, -0.1) is 0 Å². The molecule has 0 fully saturated rings. The lowest BCUT2D eigenvalue weighted by Crippen LogP contribution is -2.37. The Morgan fingerprint density at radius 1 is 1.03 bits per heavy atom.